The first-order valence-electron chi connectivity index (χ1n) is 8.41. The summed E-state index contributed by atoms with van der Waals surface area (Å²) in [6, 6.07) is 3.75. The smallest absolute Gasteiger partial charge is 0.313 e. The van der Waals surface area contributed by atoms with Crippen LogP contribution in [0, 0.1) is 33.8 Å². The Labute approximate surface area is 148 Å². The van der Waals surface area contributed by atoms with Crippen LogP contribution in [0.5, 0.6) is 5.75 Å². The van der Waals surface area contributed by atoms with Crippen LogP contribution >= 0.6 is 0 Å². The van der Waals surface area contributed by atoms with Gasteiger partial charge in [-0.15, -0.1) is 0 Å². The highest BCUT2D eigenvalue weighted by atomic mass is 16.6. The number of anilines is 1. The van der Waals surface area contributed by atoms with E-state index in [2.05, 4.69) is 0 Å². The number of imide groups is 1. The number of allylic oxidation sites excluding steroid dienone is 2. The SMILES string of the molecule is CC(=O)Oc1ccc(N2C(=O)[C@@H]3[C@@H](C2=O)[C@H]2C=C[C@@H]3CC2)cc1[N+](=O)[O-]. The van der Waals surface area contributed by atoms with Gasteiger partial charge in [0.1, 0.15) is 0 Å². The minimum atomic E-state index is -0.703. The highest BCUT2D eigenvalue weighted by molar-refractivity contribution is 6.22. The zero-order valence-electron chi connectivity index (χ0n) is 14.0. The van der Waals surface area contributed by atoms with Gasteiger partial charge in [0.25, 0.3) is 0 Å². The lowest BCUT2D eigenvalue weighted by Gasteiger charge is -2.38. The molecule has 4 atom stereocenters. The molecule has 134 valence electrons. The third-order valence-electron chi connectivity index (χ3n) is 5.41. The average Bonchev–Trinajstić information content (AvgIpc) is 2.89. The van der Waals surface area contributed by atoms with Gasteiger partial charge in [0.2, 0.25) is 17.6 Å². The largest absolute Gasteiger partial charge is 0.419 e. The quantitative estimate of drug-likeness (QED) is 0.205. The van der Waals surface area contributed by atoms with E-state index in [1.54, 1.807) is 0 Å². The fraction of sp³-hybridized carbons (Fsp3) is 0.389. The van der Waals surface area contributed by atoms with Crippen LogP contribution in [0.25, 0.3) is 0 Å². The van der Waals surface area contributed by atoms with Crippen molar-refractivity contribution in [2.75, 3.05) is 4.90 Å². The maximum atomic E-state index is 12.9. The van der Waals surface area contributed by atoms with E-state index in [-0.39, 0.29) is 35.1 Å². The fourth-order valence-electron chi connectivity index (χ4n) is 4.36. The summed E-state index contributed by atoms with van der Waals surface area (Å²) in [6.45, 7) is 1.14. The van der Waals surface area contributed by atoms with Crippen LogP contribution in [0.1, 0.15) is 19.8 Å². The zero-order chi connectivity index (χ0) is 18.6. The molecule has 1 aromatic rings. The third kappa shape index (κ3) is 2.33. The molecule has 1 aliphatic heterocycles. The second kappa shape index (κ2) is 5.76. The number of nitrogens with zero attached hydrogens (tertiary/aromatic N) is 2. The molecule has 0 aromatic heterocycles. The molecule has 0 unspecified atom stereocenters. The summed E-state index contributed by atoms with van der Waals surface area (Å²) in [7, 11) is 0. The van der Waals surface area contributed by atoms with Gasteiger partial charge in [0, 0.05) is 13.0 Å². The topological polar surface area (TPSA) is 107 Å². The standard InChI is InChI=1S/C18H16N2O6/c1-9(21)26-14-7-6-12(8-13(14)20(24)25)19-17(22)15-10-2-3-11(5-4-10)16(15)18(19)23/h2-3,6-8,10-11,15-16H,4-5H2,1H3/t10-,11+,15-,16-/m0/s1. The van der Waals surface area contributed by atoms with Gasteiger partial charge >= 0.3 is 11.7 Å². The van der Waals surface area contributed by atoms with Crippen molar-refractivity contribution in [3.8, 4) is 5.75 Å². The van der Waals surface area contributed by atoms with Crippen LogP contribution in [0.2, 0.25) is 0 Å². The number of benzene rings is 1. The Kier molecular flexibility index (Phi) is 3.64. The normalized spacial score (nSPS) is 29.0. The van der Waals surface area contributed by atoms with Crippen molar-refractivity contribution in [1.29, 1.82) is 0 Å². The molecule has 3 aliphatic carbocycles. The van der Waals surface area contributed by atoms with Crippen molar-refractivity contribution >= 4 is 29.2 Å². The summed E-state index contributed by atoms with van der Waals surface area (Å²) >= 11 is 0. The number of hydrogen-bond donors (Lipinski definition) is 0. The van der Waals surface area contributed by atoms with E-state index >= 15 is 0 Å². The average molecular weight is 356 g/mol. The molecule has 1 heterocycles. The highest BCUT2D eigenvalue weighted by Gasteiger charge is 2.57. The van der Waals surface area contributed by atoms with E-state index < -0.39 is 28.4 Å². The molecule has 1 aromatic carbocycles. The van der Waals surface area contributed by atoms with Gasteiger partial charge in [-0.1, -0.05) is 12.2 Å². The van der Waals surface area contributed by atoms with Gasteiger partial charge in [0.05, 0.1) is 22.4 Å². The van der Waals surface area contributed by atoms with E-state index in [0.717, 1.165) is 30.7 Å². The minimum Gasteiger partial charge on any atom is -0.419 e. The predicted octanol–water partition coefficient (Wildman–Crippen LogP) is 2.22. The first-order valence-corrected chi connectivity index (χ1v) is 8.41. The molecule has 0 spiro atoms. The molecule has 0 N–H and O–H groups in total. The van der Waals surface area contributed by atoms with Gasteiger partial charge < -0.3 is 4.74 Å². The van der Waals surface area contributed by atoms with Gasteiger partial charge in [-0.3, -0.25) is 24.5 Å². The van der Waals surface area contributed by atoms with Crippen molar-refractivity contribution in [2.45, 2.75) is 19.8 Å². The summed E-state index contributed by atoms with van der Waals surface area (Å²) in [5.74, 6) is -2.23. The van der Waals surface area contributed by atoms with Crippen LogP contribution < -0.4 is 9.64 Å². The molecule has 2 bridgehead atoms. The molecule has 5 rings (SSSR count). The van der Waals surface area contributed by atoms with Gasteiger partial charge in [-0.05, 0) is 36.8 Å². The van der Waals surface area contributed by atoms with Gasteiger partial charge in [0.15, 0.2) is 0 Å². The number of amides is 2. The van der Waals surface area contributed by atoms with Crippen LogP contribution in [-0.4, -0.2) is 22.7 Å². The summed E-state index contributed by atoms with van der Waals surface area (Å²) in [5.41, 5.74) is -0.328. The summed E-state index contributed by atoms with van der Waals surface area (Å²) in [6.07, 6.45) is 5.77. The Hall–Kier alpha value is -3.03. The van der Waals surface area contributed by atoms with E-state index in [4.69, 9.17) is 4.74 Å². The Bertz CT molecular complexity index is 844. The van der Waals surface area contributed by atoms with Crippen LogP contribution in [0.3, 0.4) is 0 Å². The molecule has 2 amide bonds. The van der Waals surface area contributed by atoms with E-state index in [1.807, 2.05) is 12.2 Å². The van der Waals surface area contributed by atoms with Gasteiger partial charge in [-0.25, -0.2) is 4.90 Å². The number of nitro benzene ring substituents is 1. The summed E-state index contributed by atoms with van der Waals surface area (Å²) in [4.78, 5) is 48.6. The second-order valence-corrected chi connectivity index (χ2v) is 6.86. The second-order valence-electron chi connectivity index (χ2n) is 6.86. The molecule has 4 aliphatic rings. The first-order chi connectivity index (χ1) is 12.4. The van der Waals surface area contributed by atoms with Crippen LogP contribution in [0.4, 0.5) is 11.4 Å². The van der Waals surface area contributed by atoms with Crippen molar-refractivity contribution in [3.63, 3.8) is 0 Å². The maximum absolute atomic E-state index is 12.9. The number of carbonyl (C=O) groups excluding carboxylic acids is 3. The molecule has 1 saturated heterocycles. The van der Waals surface area contributed by atoms with Crippen molar-refractivity contribution in [2.24, 2.45) is 23.7 Å². The Morgan fingerprint density at radius 2 is 1.73 bits per heavy atom. The molecule has 2 fully saturated rings. The Morgan fingerprint density at radius 1 is 1.15 bits per heavy atom. The third-order valence-corrected chi connectivity index (χ3v) is 5.41. The number of rotatable bonds is 3. The van der Waals surface area contributed by atoms with E-state index in [1.165, 1.54) is 12.1 Å². The van der Waals surface area contributed by atoms with Crippen molar-refractivity contribution in [1.82, 2.24) is 0 Å². The van der Waals surface area contributed by atoms with E-state index in [0.29, 0.717) is 0 Å². The Morgan fingerprint density at radius 3 is 2.19 bits per heavy atom. The highest BCUT2D eigenvalue weighted by Crippen LogP contribution is 2.50. The molecule has 8 heteroatoms. The van der Waals surface area contributed by atoms with E-state index in [9.17, 15) is 24.5 Å². The number of ether oxygens (including phenoxy) is 1. The number of fused-ring (bicyclic) bond motifs is 1. The Balaban J connectivity index is 1.73. The summed E-state index contributed by atoms with van der Waals surface area (Å²) in [5, 5.41) is 11.3. The fourth-order valence-corrected chi connectivity index (χ4v) is 4.36. The lowest BCUT2D eigenvalue weighted by Crippen LogP contribution is -2.38. The lowest BCUT2D eigenvalue weighted by atomic mass is 9.63. The minimum absolute atomic E-state index is 0.0433. The van der Waals surface area contributed by atoms with Crippen LogP contribution in [0.15, 0.2) is 30.4 Å². The van der Waals surface area contributed by atoms with Gasteiger partial charge in [-0.2, -0.15) is 0 Å². The number of carbonyl (C=O) groups is 3. The molecule has 8 nitrogen and oxygen atoms in total. The van der Waals surface area contributed by atoms with Crippen molar-refractivity contribution < 1.29 is 24.0 Å². The monoisotopic (exact) mass is 356 g/mol. The maximum Gasteiger partial charge on any atom is 0.313 e. The first kappa shape index (κ1) is 16.4. The zero-order valence-corrected chi connectivity index (χ0v) is 14.0. The van der Waals surface area contributed by atoms with Crippen LogP contribution in [-0.2, 0) is 14.4 Å². The lowest BCUT2D eigenvalue weighted by molar-refractivity contribution is -0.385. The molecule has 26 heavy (non-hydrogen) atoms. The summed E-state index contributed by atoms with van der Waals surface area (Å²) < 4.78 is 4.84. The molecular weight excluding hydrogens is 340 g/mol. The number of esters is 1. The molecule has 1 saturated carbocycles. The molecular formula is C18H16N2O6. The number of hydrogen-bond acceptors (Lipinski definition) is 6. The molecule has 0 radical (unpaired) electrons. The van der Waals surface area contributed by atoms with Crippen molar-refractivity contribution in [3.05, 3.63) is 40.5 Å². The number of nitro groups is 1. The predicted molar refractivity (Wildman–Crippen MR) is 89.2 cm³/mol.